The molecule has 3 rings (SSSR count). The first-order valence-corrected chi connectivity index (χ1v) is 7.32. The van der Waals surface area contributed by atoms with Crippen molar-refractivity contribution in [3.8, 4) is 16.2 Å². The zero-order chi connectivity index (χ0) is 12.7. The van der Waals surface area contributed by atoms with E-state index in [-0.39, 0.29) is 5.78 Å². The number of carbonyl (C=O) groups is 1. The van der Waals surface area contributed by atoms with Gasteiger partial charge < -0.3 is 4.74 Å². The highest BCUT2D eigenvalue weighted by Gasteiger charge is 2.20. The number of carbonyl (C=O) groups excluding carboxylic acids is 1. The van der Waals surface area contributed by atoms with Crippen molar-refractivity contribution in [3.05, 3.63) is 39.2 Å². The molecule has 0 radical (unpaired) electrons. The first kappa shape index (κ1) is 11.9. The number of Topliss-reactive ketones (excluding diaryl/α,β-unsaturated/α-hetero) is 1. The number of thiophene rings is 1. The summed E-state index contributed by atoms with van der Waals surface area (Å²) in [6.07, 6.45) is 0.853. The molecule has 0 unspecified atom stereocenters. The van der Waals surface area contributed by atoms with Gasteiger partial charge in [0.25, 0.3) is 0 Å². The fraction of sp³-hybridized carbons (Fsp3) is 0.214. The van der Waals surface area contributed by atoms with Gasteiger partial charge in [0.15, 0.2) is 5.78 Å². The fourth-order valence-electron chi connectivity index (χ4n) is 2.09. The summed E-state index contributed by atoms with van der Waals surface area (Å²) in [5.41, 5.74) is 2.29. The Hall–Kier alpha value is -1.13. The van der Waals surface area contributed by atoms with E-state index in [1.165, 1.54) is 5.56 Å². The Bertz CT molecular complexity index is 631. The van der Waals surface area contributed by atoms with Crippen LogP contribution in [0, 0.1) is 0 Å². The molecule has 0 saturated carbocycles. The number of ether oxygens (including phenoxy) is 1. The van der Waals surface area contributed by atoms with Gasteiger partial charge in [-0.15, -0.1) is 11.3 Å². The van der Waals surface area contributed by atoms with Crippen LogP contribution in [0.2, 0.25) is 0 Å². The Morgan fingerprint density at radius 1 is 1.39 bits per heavy atom. The van der Waals surface area contributed by atoms with Gasteiger partial charge in [0.2, 0.25) is 0 Å². The molecule has 92 valence electrons. The minimum Gasteiger partial charge on any atom is -0.493 e. The van der Waals surface area contributed by atoms with Crippen LogP contribution in [-0.2, 0) is 6.42 Å². The first-order valence-electron chi connectivity index (χ1n) is 5.71. The van der Waals surface area contributed by atoms with Crippen molar-refractivity contribution in [1.82, 2.24) is 0 Å². The van der Waals surface area contributed by atoms with Crippen molar-refractivity contribution in [2.24, 2.45) is 0 Å². The van der Waals surface area contributed by atoms with E-state index < -0.39 is 0 Å². The number of fused-ring (bicyclic) bond motifs is 3. The molecule has 0 amide bonds. The first-order chi connectivity index (χ1) is 8.65. The number of rotatable bonds is 1. The van der Waals surface area contributed by atoms with Gasteiger partial charge in [0, 0.05) is 21.3 Å². The largest absolute Gasteiger partial charge is 0.493 e. The molecule has 1 aliphatic rings. The predicted octanol–water partition coefficient (Wildman–Crippen LogP) is 4.32. The Morgan fingerprint density at radius 3 is 3.00 bits per heavy atom. The Kier molecular flexibility index (Phi) is 2.99. The molecule has 4 heteroatoms. The molecule has 0 atom stereocenters. The average Bonchev–Trinajstić information content (AvgIpc) is 2.68. The number of hydrogen-bond acceptors (Lipinski definition) is 3. The molecule has 0 aliphatic carbocycles. The van der Waals surface area contributed by atoms with E-state index >= 15 is 0 Å². The van der Waals surface area contributed by atoms with Gasteiger partial charge in [0.05, 0.1) is 11.5 Å². The number of halogens is 1. The minimum atomic E-state index is 0.130. The molecule has 2 heterocycles. The molecule has 0 fully saturated rings. The van der Waals surface area contributed by atoms with Crippen molar-refractivity contribution in [3.63, 3.8) is 0 Å². The number of benzene rings is 1. The van der Waals surface area contributed by atoms with Gasteiger partial charge in [-0.3, -0.25) is 4.79 Å². The summed E-state index contributed by atoms with van der Waals surface area (Å²) in [5, 5.41) is 0. The third-order valence-corrected chi connectivity index (χ3v) is 4.78. The summed E-state index contributed by atoms with van der Waals surface area (Å²) in [4.78, 5) is 13.5. The van der Waals surface area contributed by atoms with E-state index in [0.717, 1.165) is 32.0 Å². The quantitative estimate of drug-likeness (QED) is 0.731. The molecule has 2 nitrogen and oxygen atoms in total. The van der Waals surface area contributed by atoms with E-state index in [1.54, 1.807) is 18.3 Å². The second-order valence-electron chi connectivity index (χ2n) is 4.26. The standard InChI is InChI=1S/C14H11BrO2S/c1-8(16)13-6-9-4-5-17-12-3-2-10(15)7-11(12)14(9)18-13/h2-3,6-7H,4-5H2,1H3. The zero-order valence-electron chi connectivity index (χ0n) is 9.83. The lowest BCUT2D eigenvalue weighted by atomic mass is 10.1. The van der Waals surface area contributed by atoms with Crippen LogP contribution in [0.1, 0.15) is 22.2 Å². The van der Waals surface area contributed by atoms with Crippen LogP contribution in [-0.4, -0.2) is 12.4 Å². The highest BCUT2D eigenvalue weighted by Crippen LogP contribution is 2.41. The van der Waals surface area contributed by atoms with Crippen molar-refractivity contribution in [1.29, 1.82) is 0 Å². The zero-order valence-corrected chi connectivity index (χ0v) is 12.2. The molecule has 2 aromatic rings. The van der Waals surface area contributed by atoms with E-state index in [4.69, 9.17) is 4.74 Å². The normalized spacial score (nSPS) is 13.2. The molecular formula is C14H11BrO2S. The summed E-state index contributed by atoms with van der Waals surface area (Å²) in [6, 6.07) is 8.01. The minimum absolute atomic E-state index is 0.130. The molecule has 1 aromatic carbocycles. The average molecular weight is 323 g/mol. The molecule has 1 aliphatic heterocycles. The summed E-state index contributed by atoms with van der Waals surface area (Å²) in [5.74, 6) is 1.03. The lowest BCUT2D eigenvalue weighted by Gasteiger charge is -2.07. The smallest absolute Gasteiger partial charge is 0.169 e. The Morgan fingerprint density at radius 2 is 2.22 bits per heavy atom. The molecule has 0 saturated heterocycles. The highest BCUT2D eigenvalue weighted by molar-refractivity contribution is 9.10. The fourth-order valence-corrected chi connectivity index (χ4v) is 3.58. The maximum atomic E-state index is 11.5. The monoisotopic (exact) mass is 322 g/mol. The van der Waals surface area contributed by atoms with Crippen LogP contribution >= 0.6 is 27.3 Å². The van der Waals surface area contributed by atoms with Crippen molar-refractivity contribution in [2.75, 3.05) is 6.61 Å². The highest BCUT2D eigenvalue weighted by atomic mass is 79.9. The van der Waals surface area contributed by atoms with Gasteiger partial charge in [-0.2, -0.15) is 0 Å². The number of ketones is 1. The summed E-state index contributed by atoms with van der Waals surface area (Å²) in [7, 11) is 0. The maximum absolute atomic E-state index is 11.5. The summed E-state index contributed by atoms with van der Waals surface area (Å²) in [6.45, 7) is 2.28. The van der Waals surface area contributed by atoms with E-state index in [1.807, 2.05) is 18.2 Å². The number of hydrogen-bond donors (Lipinski definition) is 0. The Labute approximate surface area is 118 Å². The van der Waals surface area contributed by atoms with E-state index in [9.17, 15) is 4.79 Å². The Balaban J connectivity index is 2.22. The van der Waals surface area contributed by atoms with Crippen LogP contribution in [0.25, 0.3) is 10.4 Å². The summed E-state index contributed by atoms with van der Waals surface area (Å²) >= 11 is 5.04. The van der Waals surface area contributed by atoms with Gasteiger partial charge in [-0.1, -0.05) is 15.9 Å². The molecule has 0 N–H and O–H groups in total. The van der Waals surface area contributed by atoms with Crippen LogP contribution in [0.5, 0.6) is 5.75 Å². The predicted molar refractivity (Wildman–Crippen MR) is 76.7 cm³/mol. The van der Waals surface area contributed by atoms with E-state index in [2.05, 4.69) is 22.0 Å². The topological polar surface area (TPSA) is 26.3 Å². The van der Waals surface area contributed by atoms with Crippen molar-refractivity contribution in [2.45, 2.75) is 13.3 Å². The molecule has 0 bridgehead atoms. The second kappa shape index (κ2) is 4.52. The van der Waals surface area contributed by atoms with Gasteiger partial charge in [0.1, 0.15) is 5.75 Å². The van der Waals surface area contributed by atoms with E-state index in [0.29, 0.717) is 6.61 Å². The molecule has 1 aromatic heterocycles. The van der Waals surface area contributed by atoms with Crippen LogP contribution in [0.4, 0.5) is 0 Å². The van der Waals surface area contributed by atoms with Crippen LogP contribution in [0.15, 0.2) is 28.7 Å². The van der Waals surface area contributed by atoms with Crippen LogP contribution < -0.4 is 4.74 Å². The molecular weight excluding hydrogens is 312 g/mol. The van der Waals surface area contributed by atoms with Crippen molar-refractivity contribution < 1.29 is 9.53 Å². The molecule has 18 heavy (non-hydrogen) atoms. The summed E-state index contributed by atoms with van der Waals surface area (Å²) < 4.78 is 6.77. The lowest BCUT2D eigenvalue weighted by Crippen LogP contribution is -1.98. The third-order valence-electron chi connectivity index (χ3n) is 2.97. The van der Waals surface area contributed by atoms with Crippen molar-refractivity contribution >= 4 is 33.0 Å². The van der Waals surface area contributed by atoms with Gasteiger partial charge in [-0.05, 0) is 36.8 Å². The molecule has 0 spiro atoms. The van der Waals surface area contributed by atoms with Gasteiger partial charge in [-0.25, -0.2) is 0 Å². The second-order valence-corrected chi connectivity index (χ2v) is 6.23. The SMILES string of the molecule is CC(=O)c1cc2c(s1)-c1cc(Br)ccc1OCC2. The lowest BCUT2D eigenvalue weighted by molar-refractivity contribution is 0.102. The van der Waals surface area contributed by atoms with Crippen LogP contribution in [0.3, 0.4) is 0 Å². The maximum Gasteiger partial charge on any atom is 0.169 e. The third kappa shape index (κ3) is 1.99. The van der Waals surface area contributed by atoms with Gasteiger partial charge >= 0.3 is 0 Å².